The van der Waals surface area contributed by atoms with Crippen LogP contribution < -0.4 is 10.1 Å². The van der Waals surface area contributed by atoms with E-state index in [0.717, 1.165) is 38.4 Å². The van der Waals surface area contributed by atoms with Gasteiger partial charge in [-0.1, -0.05) is 6.92 Å². The second kappa shape index (κ2) is 7.55. The smallest absolute Gasteiger partial charge is 0.167 e. The number of hydrogen-bond donors (Lipinski definition) is 1. The van der Waals surface area contributed by atoms with E-state index in [1.54, 1.807) is 0 Å². The molecule has 1 aliphatic rings. The summed E-state index contributed by atoms with van der Waals surface area (Å²) in [6, 6.07) is 3.31. The van der Waals surface area contributed by atoms with Gasteiger partial charge in [0.15, 0.2) is 11.6 Å². The molecule has 0 amide bonds. The highest BCUT2D eigenvalue weighted by atomic mass is 19.1. The monoisotopic (exact) mass is 285 g/mol. The Morgan fingerprint density at radius 1 is 1.30 bits per heavy atom. The van der Waals surface area contributed by atoms with E-state index >= 15 is 0 Å². The number of benzene rings is 1. The molecular weight excluding hydrogens is 264 g/mol. The van der Waals surface area contributed by atoms with Gasteiger partial charge in [0.2, 0.25) is 0 Å². The van der Waals surface area contributed by atoms with Gasteiger partial charge in [0.25, 0.3) is 0 Å². The van der Waals surface area contributed by atoms with Crippen LogP contribution in [0.25, 0.3) is 0 Å². The van der Waals surface area contributed by atoms with Gasteiger partial charge in [-0.25, -0.2) is 8.78 Å². The van der Waals surface area contributed by atoms with Crippen molar-refractivity contribution in [3.05, 3.63) is 29.8 Å². The van der Waals surface area contributed by atoms with Crippen molar-refractivity contribution >= 4 is 0 Å². The third kappa shape index (κ3) is 4.42. The molecule has 2 rings (SSSR count). The highest BCUT2D eigenvalue weighted by Crippen LogP contribution is 2.22. The lowest BCUT2D eigenvalue weighted by atomic mass is 10.2. The molecule has 0 aromatic heterocycles. The predicted octanol–water partition coefficient (Wildman–Crippen LogP) is 2.89. The molecule has 0 bridgehead atoms. The summed E-state index contributed by atoms with van der Waals surface area (Å²) >= 11 is 0. The third-order valence-corrected chi connectivity index (χ3v) is 3.31. The fourth-order valence-corrected chi connectivity index (χ4v) is 2.27. The summed E-state index contributed by atoms with van der Waals surface area (Å²) in [6.07, 6.45) is 3.17. The van der Waals surface area contributed by atoms with Crippen molar-refractivity contribution in [2.75, 3.05) is 19.7 Å². The molecule has 1 aliphatic heterocycles. The zero-order valence-corrected chi connectivity index (χ0v) is 11.7. The molecular formula is C15H21F2NO2. The first-order chi connectivity index (χ1) is 9.69. The minimum absolute atomic E-state index is 0.0205. The molecule has 1 aromatic rings. The van der Waals surface area contributed by atoms with Gasteiger partial charge in [-0.3, -0.25) is 0 Å². The summed E-state index contributed by atoms with van der Waals surface area (Å²) in [4.78, 5) is 0. The lowest BCUT2D eigenvalue weighted by Gasteiger charge is -2.15. The summed E-state index contributed by atoms with van der Waals surface area (Å²) in [5.41, 5.74) is 0. The Labute approximate surface area is 118 Å². The maximum atomic E-state index is 13.4. The fraction of sp³-hybridized carbons (Fsp3) is 0.600. The zero-order chi connectivity index (χ0) is 14.4. The van der Waals surface area contributed by atoms with Gasteiger partial charge in [-0.15, -0.1) is 0 Å². The molecule has 0 spiro atoms. The number of nitrogens with one attached hydrogen (secondary N) is 1. The first-order valence-electron chi connectivity index (χ1n) is 7.13. The van der Waals surface area contributed by atoms with Crippen LogP contribution >= 0.6 is 0 Å². The Bertz CT molecular complexity index is 428. The van der Waals surface area contributed by atoms with E-state index in [1.165, 1.54) is 12.1 Å². The molecule has 1 saturated heterocycles. The quantitative estimate of drug-likeness (QED) is 0.781. The van der Waals surface area contributed by atoms with Crippen LogP contribution in [0, 0.1) is 11.6 Å². The Hall–Kier alpha value is -1.20. The number of ether oxygens (including phenoxy) is 2. The molecule has 0 aliphatic carbocycles. The van der Waals surface area contributed by atoms with E-state index in [9.17, 15) is 8.78 Å². The lowest BCUT2D eigenvalue weighted by Crippen LogP contribution is -2.28. The van der Waals surface area contributed by atoms with Gasteiger partial charge in [0.1, 0.15) is 12.4 Å². The van der Waals surface area contributed by atoms with Crippen molar-refractivity contribution in [1.29, 1.82) is 0 Å². The van der Waals surface area contributed by atoms with Crippen LogP contribution in [0.15, 0.2) is 18.2 Å². The van der Waals surface area contributed by atoms with Crippen LogP contribution in [-0.4, -0.2) is 31.9 Å². The first kappa shape index (κ1) is 15.2. The van der Waals surface area contributed by atoms with Crippen molar-refractivity contribution < 1.29 is 18.3 Å². The number of rotatable bonds is 7. The van der Waals surface area contributed by atoms with E-state index in [0.29, 0.717) is 6.61 Å². The van der Waals surface area contributed by atoms with Crippen molar-refractivity contribution in [2.45, 2.75) is 38.4 Å². The Kier molecular flexibility index (Phi) is 5.73. The second-order valence-electron chi connectivity index (χ2n) is 5.05. The van der Waals surface area contributed by atoms with Gasteiger partial charge in [0.05, 0.1) is 12.2 Å². The van der Waals surface area contributed by atoms with Gasteiger partial charge in [-0.2, -0.15) is 0 Å². The maximum Gasteiger partial charge on any atom is 0.167 e. The van der Waals surface area contributed by atoms with Crippen molar-refractivity contribution in [2.24, 2.45) is 0 Å². The average Bonchev–Trinajstić information content (AvgIpc) is 2.86. The fourth-order valence-electron chi connectivity index (χ4n) is 2.27. The van der Waals surface area contributed by atoms with Gasteiger partial charge in [0, 0.05) is 12.6 Å². The summed E-state index contributed by atoms with van der Waals surface area (Å²) < 4.78 is 37.3. The lowest BCUT2D eigenvalue weighted by molar-refractivity contribution is 0.0179. The van der Waals surface area contributed by atoms with Crippen LogP contribution in [-0.2, 0) is 4.74 Å². The molecule has 3 nitrogen and oxygen atoms in total. The first-order valence-corrected chi connectivity index (χ1v) is 7.13. The van der Waals surface area contributed by atoms with Crippen LogP contribution in [0.2, 0.25) is 0 Å². The largest absolute Gasteiger partial charge is 0.488 e. The Balaban J connectivity index is 1.72. The van der Waals surface area contributed by atoms with Crippen LogP contribution in [0.3, 0.4) is 0 Å². The molecule has 0 saturated carbocycles. The molecule has 0 radical (unpaired) electrons. The van der Waals surface area contributed by atoms with Crippen LogP contribution in [0.5, 0.6) is 5.75 Å². The molecule has 5 heteroatoms. The minimum Gasteiger partial charge on any atom is -0.488 e. The molecule has 1 fully saturated rings. The zero-order valence-electron chi connectivity index (χ0n) is 11.7. The van der Waals surface area contributed by atoms with Crippen LogP contribution in [0.1, 0.15) is 26.2 Å². The summed E-state index contributed by atoms with van der Waals surface area (Å²) in [7, 11) is 0. The maximum absolute atomic E-state index is 13.4. The van der Waals surface area contributed by atoms with E-state index in [2.05, 4.69) is 12.2 Å². The standard InChI is InChI=1S/C15H21F2NO2/c1-2-7-18-9-12-4-5-13(20-12)10-19-15-6-3-11(16)8-14(15)17/h3,6,8,12-13,18H,2,4-5,7,9-10H2,1H3. The molecule has 1 heterocycles. The molecule has 1 aromatic carbocycles. The number of halogens is 2. The van der Waals surface area contributed by atoms with Gasteiger partial charge >= 0.3 is 0 Å². The van der Waals surface area contributed by atoms with E-state index in [1.807, 2.05) is 0 Å². The molecule has 112 valence electrons. The molecule has 2 atom stereocenters. The second-order valence-corrected chi connectivity index (χ2v) is 5.05. The van der Waals surface area contributed by atoms with E-state index in [-0.39, 0.29) is 18.0 Å². The Morgan fingerprint density at radius 3 is 2.85 bits per heavy atom. The molecule has 1 N–H and O–H groups in total. The highest BCUT2D eigenvalue weighted by Gasteiger charge is 2.25. The summed E-state index contributed by atoms with van der Waals surface area (Å²) in [6.45, 7) is 4.25. The Morgan fingerprint density at radius 2 is 2.10 bits per heavy atom. The predicted molar refractivity (Wildman–Crippen MR) is 72.9 cm³/mol. The average molecular weight is 285 g/mol. The highest BCUT2D eigenvalue weighted by molar-refractivity contribution is 5.24. The number of hydrogen-bond acceptors (Lipinski definition) is 3. The van der Waals surface area contributed by atoms with Crippen molar-refractivity contribution in [3.63, 3.8) is 0 Å². The third-order valence-electron chi connectivity index (χ3n) is 3.31. The SMILES string of the molecule is CCCNCC1CCC(COc2ccc(F)cc2F)O1. The van der Waals surface area contributed by atoms with Crippen LogP contribution in [0.4, 0.5) is 8.78 Å². The van der Waals surface area contributed by atoms with E-state index < -0.39 is 11.6 Å². The van der Waals surface area contributed by atoms with E-state index in [4.69, 9.17) is 9.47 Å². The molecule has 2 unspecified atom stereocenters. The minimum atomic E-state index is -0.677. The van der Waals surface area contributed by atoms with Crippen molar-refractivity contribution in [1.82, 2.24) is 5.32 Å². The van der Waals surface area contributed by atoms with Gasteiger partial charge < -0.3 is 14.8 Å². The summed E-state index contributed by atoms with van der Waals surface area (Å²) in [5.74, 6) is -1.21. The summed E-state index contributed by atoms with van der Waals surface area (Å²) in [5, 5.41) is 3.32. The normalized spacial score (nSPS) is 22.1. The molecule has 20 heavy (non-hydrogen) atoms. The van der Waals surface area contributed by atoms with Gasteiger partial charge in [-0.05, 0) is 37.9 Å². The van der Waals surface area contributed by atoms with Crippen molar-refractivity contribution in [3.8, 4) is 5.75 Å². The topological polar surface area (TPSA) is 30.5 Å².